The van der Waals surface area contributed by atoms with Gasteiger partial charge in [0.15, 0.2) is 0 Å². The quantitative estimate of drug-likeness (QED) is 0.339. The number of hydrogen-bond donors (Lipinski definition) is 1. The van der Waals surface area contributed by atoms with Crippen molar-refractivity contribution >= 4 is 28.7 Å². The minimum absolute atomic E-state index is 0. The van der Waals surface area contributed by atoms with Gasteiger partial charge < -0.3 is 9.45 Å². The summed E-state index contributed by atoms with van der Waals surface area (Å²) >= 11 is 4.27. The van der Waals surface area contributed by atoms with E-state index in [1.807, 2.05) is 30.3 Å². The first kappa shape index (κ1) is 21.0. The van der Waals surface area contributed by atoms with E-state index >= 15 is 0 Å². The molecular formula is C15H20NNaO4S2. The maximum Gasteiger partial charge on any atom is 1.00 e. The van der Waals surface area contributed by atoms with Crippen molar-refractivity contribution in [2.24, 2.45) is 5.92 Å². The second kappa shape index (κ2) is 9.44. The fourth-order valence-electron chi connectivity index (χ4n) is 2.43. The van der Waals surface area contributed by atoms with Crippen LogP contribution in [0.1, 0.15) is 18.4 Å². The van der Waals surface area contributed by atoms with Crippen LogP contribution in [0.4, 0.5) is 0 Å². The molecule has 0 saturated heterocycles. The minimum atomic E-state index is -4.31. The van der Waals surface area contributed by atoms with Crippen molar-refractivity contribution in [2.75, 3.05) is 18.1 Å². The Labute approximate surface area is 165 Å². The Morgan fingerprint density at radius 1 is 1.30 bits per heavy atom. The number of carbonyl (C=O) groups is 1. The number of rotatable bonds is 8. The van der Waals surface area contributed by atoms with E-state index in [1.54, 1.807) is 4.90 Å². The van der Waals surface area contributed by atoms with Crippen molar-refractivity contribution in [3.05, 3.63) is 35.9 Å². The van der Waals surface area contributed by atoms with E-state index in [4.69, 9.17) is 0 Å². The third kappa shape index (κ3) is 7.15. The van der Waals surface area contributed by atoms with Crippen LogP contribution < -0.4 is 29.6 Å². The van der Waals surface area contributed by atoms with Gasteiger partial charge in [-0.1, -0.05) is 30.3 Å². The van der Waals surface area contributed by atoms with Gasteiger partial charge in [0.1, 0.15) is 0 Å². The molecule has 1 unspecified atom stereocenters. The van der Waals surface area contributed by atoms with Gasteiger partial charge in [-0.05, 0) is 24.8 Å². The van der Waals surface area contributed by atoms with Gasteiger partial charge in [-0.15, -0.1) is 0 Å². The summed E-state index contributed by atoms with van der Waals surface area (Å²) in [5.41, 5.74) is 1.04. The molecule has 0 bridgehead atoms. The van der Waals surface area contributed by atoms with Gasteiger partial charge in [0.2, 0.25) is 5.91 Å². The van der Waals surface area contributed by atoms with Gasteiger partial charge in [-0.3, -0.25) is 4.79 Å². The molecule has 0 N–H and O–H groups in total. The third-order valence-electron chi connectivity index (χ3n) is 3.75. The van der Waals surface area contributed by atoms with E-state index in [0.717, 1.165) is 18.4 Å². The Balaban J connectivity index is 0.00000264. The summed E-state index contributed by atoms with van der Waals surface area (Å²) in [6.07, 6.45) is 2.31. The van der Waals surface area contributed by atoms with Crippen molar-refractivity contribution in [2.45, 2.75) is 25.3 Å². The van der Waals surface area contributed by atoms with Crippen LogP contribution in [0, 0.1) is 5.92 Å². The first-order valence-electron chi connectivity index (χ1n) is 7.29. The SMILES string of the molecule is O=C(C(CS)Cc1ccccc1)N(CCS(=O)(=O)[O-])C1CC1.[Na+]. The van der Waals surface area contributed by atoms with Gasteiger partial charge >= 0.3 is 29.6 Å². The van der Waals surface area contributed by atoms with E-state index in [2.05, 4.69) is 12.6 Å². The molecule has 1 aliphatic carbocycles. The number of hydrogen-bond acceptors (Lipinski definition) is 5. The zero-order valence-corrected chi connectivity index (χ0v) is 16.9. The molecular weight excluding hydrogens is 345 g/mol. The number of carbonyl (C=O) groups excluding carboxylic acids is 1. The second-order valence-corrected chi connectivity index (χ2v) is 7.48. The molecule has 1 saturated carbocycles. The molecule has 0 aliphatic heterocycles. The summed E-state index contributed by atoms with van der Waals surface area (Å²) in [6, 6.07) is 9.72. The number of benzene rings is 1. The number of nitrogens with zero attached hydrogens (tertiary/aromatic N) is 1. The fraction of sp³-hybridized carbons (Fsp3) is 0.533. The Kier molecular flexibility index (Phi) is 8.61. The number of thiol groups is 1. The first-order chi connectivity index (χ1) is 10.4. The van der Waals surface area contributed by atoms with E-state index < -0.39 is 15.9 Å². The third-order valence-corrected chi connectivity index (χ3v) is 4.87. The Morgan fingerprint density at radius 2 is 1.91 bits per heavy atom. The molecule has 1 aliphatic rings. The molecule has 1 aromatic carbocycles. The van der Waals surface area contributed by atoms with Gasteiger partial charge in [-0.2, -0.15) is 12.6 Å². The van der Waals surface area contributed by atoms with E-state index in [9.17, 15) is 17.8 Å². The zero-order chi connectivity index (χ0) is 16.2. The van der Waals surface area contributed by atoms with Crippen molar-refractivity contribution in [3.63, 3.8) is 0 Å². The molecule has 0 radical (unpaired) electrons. The first-order valence-corrected chi connectivity index (χ1v) is 9.50. The molecule has 2 rings (SSSR count). The standard InChI is InChI=1S/C15H21NO4S2.Na/c17-15(13(11-21)10-12-4-2-1-3-5-12)16(14-6-7-14)8-9-22(18,19)20;/h1-5,13-14,21H,6-11H2,(H,18,19,20);/q;+1/p-1. The van der Waals surface area contributed by atoms with Crippen LogP contribution in [0.25, 0.3) is 0 Å². The zero-order valence-electron chi connectivity index (χ0n) is 13.2. The molecule has 0 aromatic heterocycles. The smallest absolute Gasteiger partial charge is 0.748 e. The maximum absolute atomic E-state index is 12.7. The van der Waals surface area contributed by atoms with Crippen molar-refractivity contribution in [1.29, 1.82) is 0 Å². The molecule has 23 heavy (non-hydrogen) atoms. The van der Waals surface area contributed by atoms with Gasteiger partial charge in [0.05, 0.1) is 21.8 Å². The summed E-state index contributed by atoms with van der Waals surface area (Å²) in [5.74, 6) is -0.549. The average molecular weight is 365 g/mol. The monoisotopic (exact) mass is 365 g/mol. The summed E-state index contributed by atoms with van der Waals surface area (Å²) in [4.78, 5) is 14.2. The van der Waals surface area contributed by atoms with Crippen LogP contribution >= 0.6 is 12.6 Å². The predicted molar refractivity (Wildman–Crippen MR) is 86.8 cm³/mol. The van der Waals surface area contributed by atoms with E-state index in [-0.39, 0.29) is 54.0 Å². The van der Waals surface area contributed by atoms with Crippen LogP contribution in [0.2, 0.25) is 0 Å². The van der Waals surface area contributed by atoms with Gasteiger partial charge in [-0.25, -0.2) is 8.42 Å². The number of amides is 1. The molecule has 0 spiro atoms. The molecule has 1 aromatic rings. The normalized spacial score (nSPS) is 15.6. The molecule has 1 atom stereocenters. The van der Waals surface area contributed by atoms with Crippen molar-refractivity contribution < 1.29 is 47.3 Å². The van der Waals surface area contributed by atoms with Crippen LogP contribution in [0.15, 0.2) is 30.3 Å². The molecule has 8 heteroatoms. The largest absolute Gasteiger partial charge is 1.00 e. The molecule has 5 nitrogen and oxygen atoms in total. The molecule has 0 heterocycles. The molecule has 122 valence electrons. The van der Waals surface area contributed by atoms with Crippen LogP contribution in [-0.4, -0.2) is 47.9 Å². The van der Waals surface area contributed by atoms with Crippen molar-refractivity contribution in [3.8, 4) is 0 Å². The van der Waals surface area contributed by atoms with Crippen LogP contribution in [0.3, 0.4) is 0 Å². The summed E-state index contributed by atoms with van der Waals surface area (Å²) in [6.45, 7) is -0.0194. The Bertz CT molecular complexity index is 605. The second-order valence-electron chi connectivity index (χ2n) is 5.59. The van der Waals surface area contributed by atoms with Crippen LogP contribution in [-0.2, 0) is 21.3 Å². The summed E-state index contributed by atoms with van der Waals surface area (Å²) in [7, 11) is -4.31. The molecule has 1 fully saturated rings. The van der Waals surface area contributed by atoms with Gasteiger partial charge in [0.25, 0.3) is 0 Å². The van der Waals surface area contributed by atoms with Gasteiger partial charge in [0, 0.05) is 18.3 Å². The van der Waals surface area contributed by atoms with Crippen molar-refractivity contribution in [1.82, 2.24) is 4.90 Å². The maximum atomic E-state index is 12.7. The molecule has 1 amide bonds. The Hall–Kier alpha value is -0.0500. The fourth-order valence-corrected chi connectivity index (χ4v) is 3.14. The van der Waals surface area contributed by atoms with E-state index in [0.29, 0.717) is 12.2 Å². The van der Waals surface area contributed by atoms with E-state index in [1.165, 1.54) is 0 Å². The topological polar surface area (TPSA) is 77.5 Å². The van der Waals surface area contributed by atoms with Crippen LogP contribution in [0.5, 0.6) is 0 Å². The minimum Gasteiger partial charge on any atom is -0.748 e. The Morgan fingerprint density at radius 3 is 2.39 bits per heavy atom. The predicted octanol–water partition coefficient (Wildman–Crippen LogP) is -1.68. The average Bonchev–Trinajstić information content (AvgIpc) is 3.29. The summed E-state index contributed by atoms with van der Waals surface area (Å²) < 4.78 is 32.5. The summed E-state index contributed by atoms with van der Waals surface area (Å²) in [5, 5.41) is 0.